The molecule has 1 aromatic carbocycles. The monoisotopic (exact) mass is 358 g/mol. The Morgan fingerprint density at radius 3 is 2.52 bits per heavy atom. The minimum Gasteiger partial charge on any atom is -0.387 e. The minimum atomic E-state index is -0.815. The quantitative estimate of drug-likeness (QED) is 0.731. The molecule has 0 spiro atoms. The largest absolute Gasteiger partial charge is 0.387 e. The van der Waals surface area contributed by atoms with Gasteiger partial charge >= 0.3 is 0 Å². The Kier molecular flexibility index (Phi) is 7.15. The van der Waals surface area contributed by atoms with E-state index in [1.165, 1.54) is 0 Å². The summed E-state index contributed by atoms with van der Waals surface area (Å²) in [5, 5.41) is 17.2. The minimum absolute atomic E-state index is 0.0248. The van der Waals surface area contributed by atoms with Crippen molar-refractivity contribution in [3.05, 3.63) is 33.8 Å². The third kappa shape index (κ3) is 5.96. The first-order valence-corrected chi connectivity index (χ1v) is 8.82. The van der Waals surface area contributed by atoms with E-state index in [9.17, 15) is 9.90 Å². The number of halogens is 2. The number of aliphatic hydroxyl groups excluding tert-OH is 1. The molecule has 3 N–H and O–H groups in total. The standard InChI is InChI=1S/C17H24Cl2N2O2/c1-11(12-2-4-20-5-3-12)6-17(23)21-10-16(22)13-7-14(18)9-15(19)8-13/h7-9,11-12,16,20,22H,2-6,10H2,1H3,(H,21,23). The number of piperidine rings is 1. The molecule has 2 rings (SSSR count). The Labute approximate surface area is 147 Å². The van der Waals surface area contributed by atoms with E-state index >= 15 is 0 Å². The predicted molar refractivity (Wildman–Crippen MR) is 93.8 cm³/mol. The van der Waals surface area contributed by atoms with Crippen LogP contribution in [-0.4, -0.2) is 30.6 Å². The molecular weight excluding hydrogens is 335 g/mol. The third-order valence-electron chi connectivity index (χ3n) is 4.46. The van der Waals surface area contributed by atoms with E-state index in [1.54, 1.807) is 18.2 Å². The fraction of sp³-hybridized carbons (Fsp3) is 0.588. The lowest BCUT2D eigenvalue weighted by Gasteiger charge is -2.28. The van der Waals surface area contributed by atoms with Crippen LogP contribution in [0.1, 0.15) is 37.9 Å². The van der Waals surface area contributed by atoms with Gasteiger partial charge in [0.2, 0.25) is 5.91 Å². The SMILES string of the molecule is CC(CC(=O)NCC(O)c1cc(Cl)cc(Cl)c1)C1CCNCC1. The Morgan fingerprint density at radius 2 is 1.91 bits per heavy atom. The maximum atomic E-state index is 12.1. The molecule has 1 aliphatic heterocycles. The van der Waals surface area contributed by atoms with Crippen LogP contribution in [0.25, 0.3) is 0 Å². The summed E-state index contributed by atoms with van der Waals surface area (Å²) in [6.07, 6.45) is 1.92. The van der Waals surface area contributed by atoms with E-state index in [4.69, 9.17) is 23.2 Å². The average molecular weight is 359 g/mol. The molecule has 0 aromatic heterocycles. The Hall–Kier alpha value is -0.810. The van der Waals surface area contributed by atoms with Crippen LogP contribution in [-0.2, 0) is 4.79 Å². The molecule has 2 atom stereocenters. The maximum Gasteiger partial charge on any atom is 0.220 e. The van der Waals surface area contributed by atoms with Crippen LogP contribution < -0.4 is 10.6 Å². The van der Waals surface area contributed by atoms with E-state index in [1.807, 2.05) is 0 Å². The molecule has 1 fully saturated rings. The third-order valence-corrected chi connectivity index (χ3v) is 4.89. The van der Waals surface area contributed by atoms with Gasteiger partial charge in [0.25, 0.3) is 0 Å². The second kappa shape index (κ2) is 8.88. The molecule has 23 heavy (non-hydrogen) atoms. The fourth-order valence-corrected chi connectivity index (χ4v) is 3.58. The number of hydrogen-bond acceptors (Lipinski definition) is 3. The summed E-state index contributed by atoms with van der Waals surface area (Å²) >= 11 is 11.8. The summed E-state index contributed by atoms with van der Waals surface area (Å²) in [6.45, 7) is 4.35. The highest BCUT2D eigenvalue weighted by atomic mass is 35.5. The van der Waals surface area contributed by atoms with Gasteiger partial charge in [0.15, 0.2) is 0 Å². The van der Waals surface area contributed by atoms with E-state index in [-0.39, 0.29) is 12.5 Å². The lowest BCUT2D eigenvalue weighted by molar-refractivity contribution is -0.122. The first-order chi connectivity index (χ1) is 11.0. The predicted octanol–water partition coefficient (Wildman–Crippen LogP) is 3.17. The lowest BCUT2D eigenvalue weighted by atomic mass is 9.84. The second-order valence-corrected chi connectivity index (χ2v) is 7.16. The molecule has 1 heterocycles. The molecule has 1 aliphatic rings. The zero-order valence-electron chi connectivity index (χ0n) is 13.3. The van der Waals surface area contributed by atoms with Crippen molar-refractivity contribution in [2.75, 3.05) is 19.6 Å². The van der Waals surface area contributed by atoms with Crippen molar-refractivity contribution in [1.29, 1.82) is 0 Å². The Morgan fingerprint density at radius 1 is 1.30 bits per heavy atom. The first-order valence-electron chi connectivity index (χ1n) is 8.07. The van der Waals surface area contributed by atoms with Crippen molar-refractivity contribution >= 4 is 29.1 Å². The van der Waals surface area contributed by atoms with Crippen molar-refractivity contribution < 1.29 is 9.90 Å². The molecule has 128 valence electrons. The zero-order valence-corrected chi connectivity index (χ0v) is 14.8. The van der Waals surface area contributed by atoms with Gasteiger partial charge < -0.3 is 15.7 Å². The number of nitrogens with one attached hydrogen (secondary N) is 2. The van der Waals surface area contributed by atoms with Crippen molar-refractivity contribution in [2.45, 2.75) is 32.3 Å². The molecule has 4 nitrogen and oxygen atoms in total. The smallest absolute Gasteiger partial charge is 0.220 e. The van der Waals surface area contributed by atoms with Crippen LogP contribution in [0.2, 0.25) is 10.0 Å². The highest BCUT2D eigenvalue weighted by Crippen LogP contribution is 2.25. The highest BCUT2D eigenvalue weighted by molar-refractivity contribution is 6.34. The van der Waals surface area contributed by atoms with Crippen LogP contribution in [0.3, 0.4) is 0 Å². The number of hydrogen-bond donors (Lipinski definition) is 3. The van der Waals surface area contributed by atoms with Crippen molar-refractivity contribution in [3.8, 4) is 0 Å². The molecule has 0 aliphatic carbocycles. The van der Waals surface area contributed by atoms with Crippen LogP contribution in [0.15, 0.2) is 18.2 Å². The van der Waals surface area contributed by atoms with E-state index in [0.717, 1.165) is 25.9 Å². The van der Waals surface area contributed by atoms with Crippen molar-refractivity contribution in [3.63, 3.8) is 0 Å². The summed E-state index contributed by atoms with van der Waals surface area (Å²) in [4.78, 5) is 12.1. The number of benzene rings is 1. The van der Waals surface area contributed by atoms with Gasteiger partial charge in [-0.1, -0.05) is 30.1 Å². The van der Waals surface area contributed by atoms with Gasteiger partial charge in [-0.25, -0.2) is 0 Å². The highest BCUT2D eigenvalue weighted by Gasteiger charge is 2.22. The lowest BCUT2D eigenvalue weighted by Crippen LogP contribution is -2.34. The van der Waals surface area contributed by atoms with Crippen molar-refractivity contribution in [2.24, 2.45) is 11.8 Å². The topological polar surface area (TPSA) is 61.4 Å². The fourth-order valence-electron chi connectivity index (χ4n) is 3.04. The molecular formula is C17H24Cl2N2O2. The van der Waals surface area contributed by atoms with Crippen LogP contribution >= 0.6 is 23.2 Å². The molecule has 2 unspecified atom stereocenters. The van der Waals surface area contributed by atoms with Gasteiger partial charge in [0.1, 0.15) is 0 Å². The van der Waals surface area contributed by atoms with Gasteiger partial charge in [-0.15, -0.1) is 0 Å². The van der Waals surface area contributed by atoms with Gasteiger partial charge in [0.05, 0.1) is 6.10 Å². The van der Waals surface area contributed by atoms with Gasteiger partial charge in [-0.2, -0.15) is 0 Å². The maximum absolute atomic E-state index is 12.1. The summed E-state index contributed by atoms with van der Waals surface area (Å²) in [7, 11) is 0. The van der Waals surface area contributed by atoms with Gasteiger partial charge in [-0.05, 0) is 61.5 Å². The van der Waals surface area contributed by atoms with Gasteiger partial charge in [-0.3, -0.25) is 4.79 Å². The summed E-state index contributed by atoms with van der Waals surface area (Å²) in [5.74, 6) is 0.928. The molecule has 0 bridgehead atoms. The van der Waals surface area contributed by atoms with E-state index in [2.05, 4.69) is 17.6 Å². The molecule has 1 amide bonds. The number of rotatable bonds is 6. The molecule has 6 heteroatoms. The molecule has 1 saturated heterocycles. The summed E-state index contributed by atoms with van der Waals surface area (Å²) < 4.78 is 0. The number of amides is 1. The van der Waals surface area contributed by atoms with Gasteiger partial charge in [0, 0.05) is 23.0 Å². The molecule has 0 radical (unpaired) electrons. The second-order valence-electron chi connectivity index (χ2n) is 6.29. The van der Waals surface area contributed by atoms with E-state index < -0.39 is 6.10 Å². The number of aliphatic hydroxyl groups is 1. The van der Waals surface area contributed by atoms with Crippen LogP contribution in [0, 0.1) is 11.8 Å². The normalized spacial score (nSPS) is 18.4. The number of carbonyl (C=O) groups is 1. The Balaban J connectivity index is 1.78. The zero-order chi connectivity index (χ0) is 16.8. The summed E-state index contributed by atoms with van der Waals surface area (Å²) in [6, 6.07) is 4.92. The Bertz CT molecular complexity index is 513. The molecule has 1 aromatic rings. The van der Waals surface area contributed by atoms with Crippen LogP contribution in [0.4, 0.5) is 0 Å². The first kappa shape index (κ1) is 18.5. The molecule has 0 saturated carbocycles. The van der Waals surface area contributed by atoms with Crippen LogP contribution in [0.5, 0.6) is 0 Å². The van der Waals surface area contributed by atoms with Crippen molar-refractivity contribution in [1.82, 2.24) is 10.6 Å². The van der Waals surface area contributed by atoms with E-state index in [0.29, 0.717) is 33.9 Å². The number of carbonyl (C=O) groups excluding carboxylic acids is 1. The average Bonchev–Trinajstić information content (AvgIpc) is 2.52. The summed E-state index contributed by atoms with van der Waals surface area (Å²) in [5.41, 5.74) is 0.606.